The zero-order chi connectivity index (χ0) is 21.4. The first-order valence-electron chi connectivity index (χ1n) is 10.0. The first kappa shape index (κ1) is 20.4. The molecule has 0 saturated heterocycles. The van der Waals surface area contributed by atoms with Crippen molar-refractivity contribution >= 4 is 17.5 Å². The van der Waals surface area contributed by atoms with E-state index in [0.717, 1.165) is 23.1 Å². The van der Waals surface area contributed by atoms with Crippen molar-refractivity contribution in [2.24, 2.45) is 0 Å². The number of phenols is 1. The fourth-order valence-electron chi connectivity index (χ4n) is 4.01. The highest BCUT2D eigenvalue weighted by Gasteiger charge is 2.42. The molecule has 1 unspecified atom stereocenters. The summed E-state index contributed by atoms with van der Waals surface area (Å²) in [5, 5.41) is 27.7. The van der Waals surface area contributed by atoms with Gasteiger partial charge in [0, 0.05) is 29.3 Å². The van der Waals surface area contributed by atoms with Gasteiger partial charge in [0.05, 0.1) is 6.04 Å². The summed E-state index contributed by atoms with van der Waals surface area (Å²) in [6, 6.07) is 11.1. The van der Waals surface area contributed by atoms with Crippen molar-refractivity contribution in [2.45, 2.75) is 32.7 Å². The number of carbonyl (C=O) groups is 1. The molecule has 1 aromatic heterocycles. The normalized spacial score (nSPS) is 15.7. The van der Waals surface area contributed by atoms with Crippen LogP contribution >= 0.6 is 11.6 Å². The molecule has 1 amide bonds. The number of aromatic hydroxyl groups is 1. The van der Waals surface area contributed by atoms with Crippen molar-refractivity contribution in [1.29, 1.82) is 0 Å². The largest absolute Gasteiger partial charge is 0.507 e. The Balaban J connectivity index is 1.88. The van der Waals surface area contributed by atoms with Gasteiger partial charge in [-0.1, -0.05) is 42.8 Å². The van der Waals surface area contributed by atoms with Gasteiger partial charge in [-0.3, -0.25) is 9.89 Å². The Morgan fingerprint density at radius 2 is 1.97 bits per heavy atom. The van der Waals surface area contributed by atoms with E-state index < -0.39 is 0 Å². The van der Waals surface area contributed by atoms with E-state index in [0.29, 0.717) is 34.9 Å². The molecule has 2 aromatic carbocycles. The minimum absolute atomic E-state index is 0.00132. The van der Waals surface area contributed by atoms with Crippen LogP contribution in [0.15, 0.2) is 36.4 Å². The second kappa shape index (κ2) is 8.13. The number of hydrogen-bond acceptors (Lipinski definition) is 4. The van der Waals surface area contributed by atoms with Crippen molar-refractivity contribution in [2.75, 3.05) is 13.2 Å². The Bertz CT molecular complexity index is 1090. The Hall–Kier alpha value is -2.83. The molecule has 3 N–H and O–H groups in total. The Labute approximate surface area is 180 Å². The van der Waals surface area contributed by atoms with E-state index in [2.05, 4.69) is 29.3 Å². The highest BCUT2D eigenvalue weighted by Crippen LogP contribution is 2.45. The van der Waals surface area contributed by atoms with Gasteiger partial charge in [0.15, 0.2) is 0 Å². The van der Waals surface area contributed by atoms with Gasteiger partial charge in [0.2, 0.25) is 0 Å². The molecule has 3 aromatic rings. The average Bonchev–Trinajstić information content (AvgIpc) is 3.28. The highest BCUT2D eigenvalue weighted by molar-refractivity contribution is 6.31. The number of benzene rings is 2. The number of aryl methyl sites for hydroxylation is 2. The number of amides is 1. The predicted molar refractivity (Wildman–Crippen MR) is 116 cm³/mol. The molecule has 1 aliphatic rings. The number of aliphatic hydroxyl groups is 1. The molecular weight excluding hydrogens is 402 g/mol. The molecule has 7 heteroatoms. The molecule has 30 heavy (non-hydrogen) atoms. The Morgan fingerprint density at radius 1 is 1.23 bits per heavy atom. The second-order valence-electron chi connectivity index (χ2n) is 7.55. The van der Waals surface area contributed by atoms with Gasteiger partial charge in [-0.05, 0) is 48.6 Å². The quantitative estimate of drug-likeness (QED) is 0.551. The summed E-state index contributed by atoms with van der Waals surface area (Å²) in [4.78, 5) is 14.9. The van der Waals surface area contributed by atoms with Crippen LogP contribution in [0.3, 0.4) is 0 Å². The van der Waals surface area contributed by atoms with Gasteiger partial charge in [-0.25, -0.2) is 0 Å². The van der Waals surface area contributed by atoms with Crippen molar-refractivity contribution in [3.05, 3.63) is 69.4 Å². The third-order valence-corrected chi connectivity index (χ3v) is 6.06. The molecule has 0 spiro atoms. The molecule has 0 fully saturated rings. The van der Waals surface area contributed by atoms with Crippen molar-refractivity contribution in [3.63, 3.8) is 0 Å². The van der Waals surface area contributed by atoms with E-state index >= 15 is 0 Å². The number of nitrogens with zero attached hydrogens (tertiary/aromatic N) is 2. The third-order valence-electron chi connectivity index (χ3n) is 5.66. The molecule has 1 atom stereocenters. The lowest BCUT2D eigenvalue weighted by Crippen LogP contribution is -2.31. The summed E-state index contributed by atoms with van der Waals surface area (Å²) in [5.74, 6) is -0.105. The lowest BCUT2D eigenvalue weighted by atomic mass is 9.94. The van der Waals surface area contributed by atoms with Crippen molar-refractivity contribution in [3.8, 4) is 17.0 Å². The number of H-pyrrole nitrogens is 1. The smallest absolute Gasteiger partial charge is 0.273 e. The highest BCUT2D eigenvalue weighted by atomic mass is 35.5. The van der Waals surface area contributed by atoms with E-state index in [1.807, 2.05) is 19.1 Å². The van der Waals surface area contributed by atoms with Gasteiger partial charge < -0.3 is 15.1 Å². The zero-order valence-corrected chi connectivity index (χ0v) is 17.7. The molecule has 4 rings (SSSR count). The summed E-state index contributed by atoms with van der Waals surface area (Å²) in [5.41, 5.74) is 5.04. The number of rotatable bonds is 6. The first-order valence-corrected chi connectivity index (χ1v) is 10.4. The number of halogens is 1. The van der Waals surface area contributed by atoms with Gasteiger partial charge in [-0.2, -0.15) is 5.10 Å². The van der Waals surface area contributed by atoms with Crippen molar-refractivity contribution in [1.82, 2.24) is 15.1 Å². The minimum atomic E-state index is -0.363. The van der Waals surface area contributed by atoms with Crippen molar-refractivity contribution < 1.29 is 15.0 Å². The van der Waals surface area contributed by atoms with Gasteiger partial charge in [0.1, 0.15) is 17.1 Å². The predicted octanol–water partition coefficient (Wildman–Crippen LogP) is 4.23. The number of aromatic amines is 1. The summed E-state index contributed by atoms with van der Waals surface area (Å²) in [6.07, 6.45) is 1.40. The summed E-state index contributed by atoms with van der Waals surface area (Å²) < 4.78 is 0. The molecule has 0 bridgehead atoms. The van der Waals surface area contributed by atoms with Crippen LogP contribution in [0.1, 0.15) is 52.1 Å². The fraction of sp³-hybridized carbons (Fsp3) is 0.304. The Morgan fingerprint density at radius 3 is 2.63 bits per heavy atom. The average molecular weight is 426 g/mol. The summed E-state index contributed by atoms with van der Waals surface area (Å²) in [6.45, 7) is 4.33. The molecule has 0 radical (unpaired) electrons. The van der Waals surface area contributed by atoms with Crippen LogP contribution in [-0.2, 0) is 6.42 Å². The number of aliphatic hydroxyl groups excluding tert-OH is 1. The molecule has 0 aliphatic carbocycles. The lowest BCUT2D eigenvalue weighted by molar-refractivity contribution is 0.0732. The lowest BCUT2D eigenvalue weighted by Gasteiger charge is -2.26. The number of fused-ring (bicyclic) bond motifs is 1. The van der Waals surface area contributed by atoms with Gasteiger partial charge in [0.25, 0.3) is 5.91 Å². The van der Waals surface area contributed by atoms with E-state index in [4.69, 9.17) is 11.6 Å². The topological polar surface area (TPSA) is 89.5 Å². The fourth-order valence-corrected chi connectivity index (χ4v) is 4.18. The van der Waals surface area contributed by atoms with Gasteiger partial charge >= 0.3 is 0 Å². The molecule has 6 nitrogen and oxygen atoms in total. The molecule has 0 saturated carbocycles. The number of hydrogen-bond donors (Lipinski definition) is 3. The maximum atomic E-state index is 13.1. The van der Waals surface area contributed by atoms with Gasteiger partial charge in [-0.15, -0.1) is 0 Å². The van der Waals surface area contributed by atoms with Crippen LogP contribution < -0.4 is 0 Å². The van der Waals surface area contributed by atoms with Crippen LogP contribution in [0.4, 0.5) is 0 Å². The number of phenolic OH excluding ortho intramolecular Hbond substituents is 1. The zero-order valence-electron chi connectivity index (χ0n) is 16.9. The van der Waals surface area contributed by atoms with Crippen LogP contribution in [0.2, 0.25) is 5.02 Å². The maximum absolute atomic E-state index is 13.1. The summed E-state index contributed by atoms with van der Waals surface area (Å²) >= 11 is 6.31. The monoisotopic (exact) mass is 425 g/mol. The van der Waals surface area contributed by atoms with E-state index in [1.165, 1.54) is 5.56 Å². The van der Waals surface area contributed by atoms with Crippen LogP contribution in [0.25, 0.3) is 11.3 Å². The number of aromatic nitrogens is 2. The van der Waals surface area contributed by atoms with E-state index in [1.54, 1.807) is 17.0 Å². The SMILES string of the molecule is CCc1ccc(C2c3c(-c4cc(Cl)c(C)cc4O)n[nH]c3C(=O)N2CCCO)cc1. The minimum Gasteiger partial charge on any atom is -0.507 e. The van der Waals surface area contributed by atoms with Crippen LogP contribution in [-0.4, -0.2) is 44.4 Å². The third kappa shape index (κ3) is 3.36. The summed E-state index contributed by atoms with van der Waals surface area (Å²) in [7, 11) is 0. The second-order valence-corrected chi connectivity index (χ2v) is 7.96. The van der Waals surface area contributed by atoms with E-state index in [-0.39, 0.29) is 24.3 Å². The van der Waals surface area contributed by atoms with E-state index in [9.17, 15) is 15.0 Å². The standard InChI is InChI=1S/C23H24ClN3O3/c1-3-14-5-7-15(8-6-14)22-19-20(16-12-17(24)13(2)11-18(16)29)25-26-21(19)23(30)27(22)9-4-10-28/h5-8,11-12,22,28-29H,3-4,9-10H2,1-2H3,(H,25,26). The molecular formula is C23H24ClN3O3. The molecule has 2 heterocycles. The number of carbonyl (C=O) groups excluding carboxylic acids is 1. The van der Waals surface area contributed by atoms with Crippen LogP contribution in [0, 0.1) is 6.92 Å². The number of nitrogens with one attached hydrogen (secondary N) is 1. The molecule has 156 valence electrons. The Kier molecular flexibility index (Phi) is 5.54. The van der Waals surface area contributed by atoms with Crippen LogP contribution in [0.5, 0.6) is 5.75 Å². The first-order chi connectivity index (χ1) is 14.5. The maximum Gasteiger partial charge on any atom is 0.273 e. The molecule has 1 aliphatic heterocycles.